The van der Waals surface area contributed by atoms with Gasteiger partial charge in [0.15, 0.2) is 0 Å². The minimum Gasteiger partial charge on any atom is -0.342 e. The Bertz CT molecular complexity index is 230. The van der Waals surface area contributed by atoms with Gasteiger partial charge in [-0.25, -0.2) is 0 Å². The van der Waals surface area contributed by atoms with Crippen LogP contribution in [0.2, 0.25) is 0 Å². The number of alkyl halides is 1. The molecule has 1 saturated heterocycles. The quantitative estimate of drug-likeness (QED) is 0.687. The zero-order chi connectivity index (χ0) is 12.1. The van der Waals surface area contributed by atoms with E-state index in [4.69, 9.17) is 0 Å². The maximum absolute atomic E-state index is 11.8. The van der Waals surface area contributed by atoms with Gasteiger partial charge in [0.05, 0.1) is 0 Å². The largest absolute Gasteiger partial charge is 0.342 e. The van der Waals surface area contributed by atoms with Gasteiger partial charge in [-0.2, -0.15) is 0 Å². The van der Waals surface area contributed by atoms with Gasteiger partial charge in [-0.05, 0) is 24.2 Å². The molecule has 0 N–H and O–H groups in total. The van der Waals surface area contributed by atoms with Gasteiger partial charge in [-0.3, -0.25) is 4.79 Å². The van der Waals surface area contributed by atoms with Crippen molar-refractivity contribution in [3.63, 3.8) is 0 Å². The molecule has 0 bridgehead atoms. The third-order valence-corrected chi connectivity index (χ3v) is 4.42. The molecule has 0 spiro atoms. The Hall–Kier alpha value is -0.0500. The van der Waals surface area contributed by atoms with Crippen LogP contribution in [0.4, 0.5) is 0 Å². The molecule has 1 aliphatic rings. The highest BCUT2D eigenvalue weighted by atomic mass is 79.9. The van der Waals surface area contributed by atoms with Gasteiger partial charge in [0.2, 0.25) is 5.91 Å². The van der Waals surface area contributed by atoms with Crippen molar-refractivity contribution in [2.24, 2.45) is 17.8 Å². The molecular formula is C13H24BrNO. The number of hydrogen-bond acceptors (Lipinski definition) is 1. The van der Waals surface area contributed by atoms with E-state index in [2.05, 4.69) is 41.6 Å². The van der Waals surface area contributed by atoms with Gasteiger partial charge in [-0.1, -0.05) is 43.1 Å². The van der Waals surface area contributed by atoms with Crippen LogP contribution < -0.4 is 0 Å². The molecule has 0 aromatic carbocycles. The van der Waals surface area contributed by atoms with E-state index in [1.165, 1.54) is 12.8 Å². The van der Waals surface area contributed by atoms with Crippen molar-refractivity contribution in [2.75, 3.05) is 18.4 Å². The monoisotopic (exact) mass is 289 g/mol. The number of carbonyl (C=O) groups is 1. The summed E-state index contributed by atoms with van der Waals surface area (Å²) < 4.78 is 0. The number of carbonyl (C=O) groups excluding carboxylic acids is 1. The maximum Gasteiger partial charge on any atom is 0.222 e. The maximum atomic E-state index is 11.8. The van der Waals surface area contributed by atoms with E-state index in [0.717, 1.165) is 24.8 Å². The predicted octanol–water partition coefficient (Wildman–Crippen LogP) is 3.30. The lowest BCUT2D eigenvalue weighted by atomic mass is 9.97. The summed E-state index contributed by atoms with van der Waals surface area (Å²) in [5.74, 6) is 2.20. The first-order valence-electron chi connectivity index (χ1n) is 6.42. The second-order valence-corrected chi connectivity index (χ2v) is 5.96. The predicted molar refractivity (Wildman–Crippen MR) is 71.7 cm³/mol. The molecule has 16 heavy (non-hydrogen) atoms. The number of rotatable bonds is 6. The molecule has 1 amide bonds. The van der Waals surface area contributed by atoms with Gasteiger partial charge in [0.25, 0.3) is 0 Å². The molecule has 1 rings (SSSR count). The molecule has 0 aliphatic carbocycles. The van der Waals surface area contributed by atoms with Crippen LogP contribution in [-0.4, -0.2) is 29.2 Å². The second-order valence-electron chi connectivity index (χ2n) is 5.32. The zero-order valence-corrected chi connectivity index (χ0v) is 12.3. The van der Waals surface area contributed by atoms with Crippen LogP contribution in [-0.2, 0) is 4.79 Å². The molecule has 2 atom stereocenters. The van der Waals surface area contributed by atoms with Crippen molar-refractivity contribution in [3.05, 3.63) is 0 Å². The lowest BCUT2D eigenvalue weighted by Gasteiger charge is -2.25. The summed E-state index contributed by atoms with van der Waals surface area (Å²) in [5.41, 5.74) is 0. The SMILES string of the molecule is CCCC1CC(=O)N(CC(CBr)C(C)C)C1. The summed E-state index contributed by atoms with van der Waals surface area (Å²) >= 11 is 3.55. The highest BCUT2D eigenvalue weighted by Gasteiger charge is 2.30. The van der Waals surface area contributed by atoms with E-state index in [1.807, 2.05) is 0 Å². The molecule has 1 heterocycles. The van der Waals surface area contributed by atoms with Gasteiger partial charge in [0, 0.05) is 24.8 Å². The zero-order valence-electron chi connectivity index (χ0n) is 10.7. The fourth-order valence-electron chi connectivity index (χ4n) is 2.35. The molecule has 0 aromatic heterocycles. The fraction of sp³-hybridized carbons (Fsp3) is 0.923. The van der Waals surface area contributed by atoms with Crippen LogP contribution in [0.1, 0.15) is 40.0 Å². The molecule has 0 aromatic rings. The molecule has 1 aliphatic heterocycles. The number of halogens is 1. The van der Waals surface area contributed by atoms with Gasteiger partial charge in [0.1, 0.15) is 0 Å². The third-order valence-electron chi connectivity index (χ3n) is 3.59. The van der Waals surface area contributed by atoms with E-state index in [-0.39, 0.29) is 0 Å². The third kappa shape index (κ3) is 3.76. The Labute approximate surface area is 108 Å². The number of nitrogens with zero attached hydrogens (tertiary/aromatic N) is 1. The van der Waals surface area contributed by atoms with Crippen LogP contribution in [0.25, 0.3) is 0 Å². The molecule has 94 valence electrons. The molecular weight excluding hydrogens is 266 g/mol. The van der Waals surface area contributed by atoms with E-state index < -0.39 is 0 Å². The van der Waals surface area contributed by atoms with E-state index in [1.54, 1.807) is 0 Å². The average Bonchev–Trinajstić information content (AvgIpc) is 2.55. The Morgan fingerprint density at radius 2 is 2.19 bits per heavy atom. The van der Waals surface area contributed by atoms with Crippen molar-refractivity contribution in [1.29, 1.82) is 0 Å². The summed E-state index contributed by atoms with van der Waals surface area (Å²) in [6, 6.07) is 0. The van der Waals surface area contributed by atoms with E-state index in [0.29, 0.717) is 23.7 Å². The first-order valence-corrected chi connectivity index (χ1v) is 7.54. The Balaban J connectivity index is 2.45. The molecule has 1 fully saturated rings. The Morgan fingerprint density at radius 3 is 2.69 bits per heavy atom. The van der Waals surface area contributed by atoms with Gasteiger partial charge >= 0.3 is 0 Å². The summed E-state index contributed by atoms with van der Waals surface area (Å²) in [5, 5.41) is 0.993. The normalized spacial score (nSPS) is 23.2. The minimum absolute atomic E-state index is 0.366. The van der Waals surface area contributed by atoms with Crippen molar-refractivity contribution < 1.29 is 4.79 Å². The molecule has 2 nitrogen and oxygen atoms in total. The van der Waals surface area contributed by atoms with Crippen LogP contribution in [0.3, 0.4) is 0 Å². The van der Waals surface area contributed by atoms with E-state index >= 15 is 0 Å². The fourth-order valence-corrected chi connectivity index (χ4v) is 3.31. The Morgan fingerprint density at radius 1 is 1.50 bits per heavy atom. The van der Waals surface area contributed by atoms with E-state index in [9.17, 15) is 4.79 Å². The molecule has 2 unspecified atom stereocenters. The van der Waals surface area contributed by atoms with Crippen molar-refractivity contribution in [1.82, 2.24) is 4.90 Å². The molecule has 0 radical (unpaired) electrons. The molecule has 3 heteroatoms. The van der Waals surface area contributed by atoms with Crippen molar-refractivity contribution in [2.45, 2.75) is 40.0 Å². The highest BCUT2D eigenvalue weighted by Crippen LogP contribution is 2.25. The summed E-state index contributed by atoms with van der Waals surface area (Å²) in [7, 11) is 0. The summed E-state index contributed by atoms with van der Waals surface area (Å²) in [4.78, 5) is 13.9. The Kier molecular flexibility index (Phi) is 5.81. The topological polar surface area (TPSA) is 20.3 Å². The minimum atomic E-state index is 0.366. The van der Waals surface area contributed by atoms with Gasteiger partial charge in [-0.15, -0.1) is 0 Å². The van der Waals surface area contributed by atoms with Crippen LogP contribution in [0.5, 0.6) is 0 Å². The number of likely N-dealkylation sites (tertiary alicyclic amines) is 1. The van der Waals surface area contributed by atoms with Crippen LogP contribution in [0.15, 0.2) is 0 Å². The number of amides is 1. The average molecular weight is 290 g/mol. The molecule has 0 saturated carbocycles. The smallest absolute Gasteiger partial charge is 0.222 e. The number of hydrogen-bond donors (Lipinski definition) is 0. The lowest BCUT2D eigenvalue weighted by molar-refractivity contribution is -0.128. The van der Waals surface area contributed by atoms with Crippen LogP contribution in [0, 0.1) is 17.8 Å². The second kappa shape index (κ2) is 6.63. The standard InChI is InChI=1S/C13H24BrNO/c1-4-5-11-6-13(16)15(8-11)9-12(7-14)10(2)3/h10-12H,4-9H2,1-3H3. The van der Waals surface area contributed by atoms with Crippen LogP contribution >= 0.6 is 15.9 Å². The van der Waals surface area contributed by atoms with Crippen molar-refractivity contribution in [3.8, 4) is 0 Å². The first-order chi connectivity index (χ1) is 7.58. The van der Waals surface area contributed by atoms with Gasteiger partial charge < -0.3 is 4.90 Å². The highest BCUT2D eigenvalue weighted by molar-refractivity contribution is 9.09. The lowest BCUT2D eigenvalue weighted by Crippen LogP contribution is -2.33. The summed E-state index contributed by atoms with van der Waals surface area (Å²) in [6.45, 7) is 8.58. The first kappa shape index (κ1) is 14.0. The summed E-state index contributed by atoms with van der Waals surface area (Å²) in [6.07, 6.45) is 3.17. The van der Waals surface area contributed by atoms with Crippen molar-refractivity contribution >= 4 is 21.8 Å².